The molecular formula is C26H25F2N5O3. The van der Waals surface area contributed by atoms with Gasteiger partial charge in [0.25, 0.3) is 5.91 Å². The van der Waals surface area contributed by atoms with E-state index >= 15 is 8.78 Å². The Morgan fingerprint density at radius 2 is 1.94 bits per heavy atom. The zero-order valence-corrected chi connectivity index (χ0v) is 19.5. The molecule has 2 aromatic heterocycles. The second-order valence-electron chi connectivity index (χ2n) is 8.89. The molecule has 186 valence electrons. The lowest BCUT2D eigenvalue weighted by atomic mass is 9.80. The fourth-order valence-corrected chi connectivity index (χ4v) is 4.53. The number of carbonyl (C=O) groups is 1. The van der Waals surface area contributed by atoms with Gasteiger partial charge < -0.3 is 15.2 Å². The highest BCUT2D eigenvalue weighted by Gasteiger charge is 2.52. The number of rotatable bonds is 6. The third-order valence-electron chi connectivity index (χ3n) is 6.66. The van der Waals surface area contributed by atoms with E-state index in [2.05, 4.69) is 20.4 Å². The molecule has 1 amide bonds. The average molecular weight is 494 g/mol. The van der Waals surface area contributed by atoms with Crippen molar-refractivity contribution in [2.24, 2.45) is 5.92 Å². The Bertz CT molecular complexity index is 1370. The quantitative estimate of drug-likeness (QED) is 0.425. The largest absolute Gasteiger partial charge is 0.467 e. The molecule has 4 aromatic rings. The minimum Gasteiger partial charge on any atom is -0.467 e. The molecule has 0 saturated heterocycles. The van der Waals surface area contributed by atoms with Crippen molar-refractivity contribution < 1.29 is 23.4 Å². The van der Waals surface area contributed by atoms with Crippen LogP contribution in [-0.2, 0) is 5.79 Å². The van der Waals surface area contributed by atoms with Gasteiger partial charge in [-0.2, -0.15) is 5.10 Å². The van der Waals surface area contributed by atoms with Gasteiger partial charge in [-0.25, -0.2) is 23.4 Å². The second kappa shape index (κ2) is 9.62. The summed E-state index contributed by atoms with van der Waals surface area (Å²) in [5.41, 5.74) is 2.43. The summed E-state index contributed by atoms with van der Waals surface area (Å²) in [5.74, 6) is -3.48. The molecule has 0 radical (unpaired) electrons. The van der Waals surface area contributed by atoms with Crippen LogP contribution in [0.1, 0.15) is 23.2 Å². The second-order valence-corrected chi connectivity index (χ2v) is 8.89. The summed E-state index contributed by atoms with van der Waals surface area (Å²) < 4.78 is 37.2. The predicted octanol–water partition coefficient (Wildman–Crippen LogP) is 3.66. The fraction of sp³-hybridized carbons (Fsp3) is 0.308. The Balaban J connectivity index is 1.31. The van der Waals surface area contributed by atoms with Crippen LogP contribution in [0.25, 0.3) is 22.0 Å². The van der Waals surface area contributed by atoms with Crippen molar-refractivity contribution in [3.8, 4) is 17.1 Å². The molecule has 2 N–H and O–H groups in total. The number of alkyl halides is 2. The molecule has 0 unspecified atom stereocenters. The van der Waals surface area contributed by atoms with Crippen LogP contribution in [0, 0.1) is 5.92 Å². The first-order valence-electron chi connectivity index (χ1n) is 11.6. The summed E-state index contributed by atoms with van der Waals surface area (Å²) in [7, 11) is 1.48. The highest BCUT2D eigenvalue weighted by molar-refractivity contribution is 5.94. The molecule has 0 aliphatic heterocycles. The van der Waals surface area contributed by atoms with Gasteiger partial charge in [0.15, 0.2) is 0 Å². The van der Waals surface area contributed by atoms with E-state index in [0.29, 0.717) is 16.5 Å². The predicted molar refractivity (Wildman–Crippen MR) is 129 cm³/mol. The molecule has 1 aliphatic rings. The number of aliphatic hydroxyl groups is 1. The van der Waals surface area contributed by atoms with Crippen LogP contribution in [0.3, 0.4) is 0 Å². The SMILES string of the molecule is COc1ncc(-c2ccc3cn([C@@]4(F)CC[C@H](CNC(=O)c5ccccc5)[C@@H](F)[C@H]4O)nc3c2)cn1. The first-order valence-corrected chi connectivity index (χ1v) is 11.6. The maximum absolute atomic E-state index is 16.0. The maximum atomic E-state index is 16.0. The van der Waals surface area contributed by atoms with Gasteiger partial charge in [-0.05, 0) is 30.2 Å². The van der Waals surface area contributed by atoms with Crippen LogP contribution in [0.15, 0.2) is 67.1 Å². The van der Waals surface area contributed by atoms with Crippen LogP contribution < -0.4 is 10.1 Å². The first kappa shape index (κ1) is 23.8. The van der Waals surface area contributed by atoms with Gasteiger partial charge in [0, 0.05) is 54.0 Å². The molecule has 2 aromatic carbocycles. The zero-order valence-electron chi connectivity index (χ0n) is 19.5. The summed E-state index contributed by atoms with van der Waals surface area (Å²) >= 11 is 0. The van der Waals surface area contributed by atoms with Gasteiger partial charge in [-0.3, -0.25) is 4.79 Å². The summed E-state index contributed by atoms with van der Waals surface area (Å²) in [5, 5.41) is 18.3. The van der Waals surface area contributed by atoms with E-state index in [0.717, 1.165) is 15.8 Å². The van der Waals surface area contributed by atoms with Crippen LogP contribution in [0.5, 0.6) is 6.01 Å². The molecule has 4 atom stereocenters. The molecule has 1 aliphatic carbocycles. The number of hydrogen-bond acceptors (Lipinski definition) is 6. The van der Waals surface area contributed by atoms with Crippen molar-refractivity contribution in [2.45, 2.75) is 30.9 Å². The van der Waals surface area contributed by atoms with Crippen LogP contribution in [-0.4, -0.2) is 56.7 Å². The van der Waals surface area contributed by atoms with Crippen molar-refractivity contribution in [2.75, 3.05) is 13.7 Å². The Kier molecular flexibility index (Phi) is 6.36. The Morgan fingerprint density at radius 3 is 2.67 bits per heavy atom. The number of ether oxygens (including phenoxy) is 1. The van der Waals surface area contributed by atoms with E-state index in [9.17, 15) is 9.90 Å². The third-order valence-corrected chi connectivity index (χ3v) is 6.66. The van der Waals surface area contributed by atoms with E-state index in [1.807, 2.05) is 6.07 Å². The number of aliphatic hydroxyl groups excluding tert-OH is 1. The van der Waals surface area contributed by atoms with Gasteiger partial charge in [-0.15, -0.1) is 0 Å². The topological polar surface area (TPSA) is 102 Å². The van der Waals surface area contributed by atoms with Crippen molar-refractivity contribution >= 4 is 16.8 Å². The Hall–Kier alpha value is -3.92. The maximum Gasteiger partial charge on any atom is 0.316 e. The van der Waals surface area contributed by atoms with Crippen LogP contribution in [0.2, 0.25) is 0 Å². The summed E-state index contributed by atoms with van der Waals surface area (Å²) in [6, 6.07) is 14.2. The van der Waals surface area contributed by atoms with Gasteiger partial charge in [0.05, 0.1) is 12.6 Å². The highest BCUT2D eigenvalue weighted by Crippen LogP contribution is 2.41. The van der Waals surface area contributed by atoms with Crippen LogP contribution in [0.4, 0.5) is 8.78 Å². The monoisotopic (exact) mass is 493 g/mol. The number of hydrogen-bond donors (Lipinski definition) is 2. The molecular weight excluding hydrogens is 468 g/mol. The van der Waals surface area contributed by atoms with E-state index < -0.39 is 24.0 Å². The highest BCUT2D eigenvalue weighted by atomic mass is 19.2. The molecule has 0 bridgehead atoms. The van der Waals surface area contributed by atoms with Gasteiger partial charge in [-0.1, -0.05) is 30.3 Å². The number of benzene rings is 2. The third kappa shape index (κ3) is 4.39. The standard InChI is InChI=1S/C26H25F2N5O3/c1-36-25-30-13-20(14-31-25)17-7-8-19-15-33(32-21(19)11-17)26(28)10-9-18(22(27)23(26)34)12-29-24(35)16-5-3-2-4-6-16/h2-8,11,13-15,18,22-23,34H,9-10,12H2,1H3,(H,29,35)/t18-,22-,23-,26+/m1/s1. The smallest absolute Gasteiger partial charge is 0.316 e. The summed E-state index contributed by atoms with van der Waals surface area (Å²) in [4.78, 5) is 20.5. The van der Waals surface area contributed by atoms with E-state index in [-0.39, 0.29) is 31.3 Å². The van der Waals surface area contributed by atoms with Crippen LogP contribution >= 0.6 is 0 Å². The van der Waals surface area contributed by atoms with Gasteiger partial charge >= 0.3 is 6.01 Å². The average Bonchev–Trinajstić information content (AvgIpc) is 3.36. The fourth-order valence-electron chi connectivity index (χ4n) is 4.53. The number of amides is 1. The number of fused-ring (bicyclic) bond motifs is 1. The number of nitrogens with one attached hydrogen (secondary N) is 1. The zero-order chi connectivity index (χ0) is 25.3. The van der Waals surface area contributed by atoms with Gasteiger partial charge in [0.2, 0.25) is 5.79 Å². The van der Waals surface area contributed by atoms with E-state index in [1.54, 1.807) is 54.9 Å². The Morgan fingerprint density at radius 1 is 1.19 bits per heavy atom. The molecule has 1 saturated carbocycles. The number of aromatic nitrogens is 4. The Labute approximate surface area is 206 Å². The lowest BCUT2D eigenvalue weighted by Crippen LogP contribution is -2.54. The molecule has 8 nitrogen and oxygen atoms in total. The molecule has 5 rings (SSSR count). The minimum absolute atomic E-state index is 0.00356. The minimum atomic E-state index is -2.41. The number of carbonyl (C=O) groups excluding carboxylic acids is 1. The molecule has 36 heavy (non-hydrogen) atoms. The number of halogens is 2. The first-order chi connectivity index (χ1) is 17.4. The van der Waals surface area contributed by atoms with Crippen molar-refractivity contribution in [3.05, 3.63) is 72.7 Å². The number of methoxy groups -OCH3 is 1. The van der Waals surface area contributed by atoms with Crippen molar-refractivity contribution in [1.82, 2.24) is 25.1 Å². The lowest BCUT2D eigenvalue weighted by Gasteiger charge is -2.40. The summed E-state index contributed by atoms with van der Waals surface area (Å²) in [6.07, 6.45) is 0.859. The van der Waals surface area contributed by atoms with E-state index in [4.69, 9.17) is 4.74 Å². The van der Waals surface area contributed by atoms with E-state index in [1.165, 1.54) is 13.3 Å². The van der Waals surface area contributed by atoms with Crippen molar-refractivity contribution in [3.63, 3.8) is 0 Å². The normalized spacial score (nSPS) is 23.9. The molecule has 10 heteroatoms. The summed E-state index contributed by atoms with van der Waals surface area (Å²) in [6.45, 7) is -0.00356. The number of nitrogens with zero attached hydrogens (tertiary/aromatic N) is 4. The molecule has 1 fully saturated rings. The molecule has 2 heterocycles. The van der Waals surface area contributed by atoms with Gasteiger partial charge in [0.1, 0.15) is 12.3 Å². The van der Waals surface area contributed by atoms with Crippen molar-refractivity contribution in [1.29, 1.82) is 0 Å². The molecule has 0 spiro atoms. The lowest BCUT2D eigenvalue weighted by molar-refractivity contribution is -0.153.